The number of hydrogen-bond donors (Lipinski definition) is 1. The predicted octanol–water partition coefficient (Wildman–Crippen LogP) is 5.29. The molecule has 0 aromatic heterocycles. The van der Waals surface area contributed by atoms with Crippen LogP contribution >= 0.6 is 0 Å². The molecule has 0 atom stereocenters. The van der Waals surface area contributed by atoms with Crippen LogP contribution in [0.1, 0.15) is 11.1 Å². The topological polar surface area (TPSA) is 20.2 Å². The maximum atomic E-state index is 9.93. The summed E-state index contributed by atoms with van der Waals surface area (Å²) in [4.78, 5) is 0. The summed E-state index contributed by atoms with van der Waals surface area (Å²) >= 11 is 0. The molecule has 0 fully saturated rings. The highest BCUT2D eigenvalue weighted by Crippen LogP contribution is 2.26. The smallest absolute Gasteiger partial charge is 0.119 e. The molecule has 106 valence electrons. The molecule has 1 N–H and O–H groups in total. The van der Waals surface area contributed by atoms with E-state index in [1.807, 2.05) is 18.2 Å². The third-order valence-corrected chi connectivity index (χ3v) is 4.16. The zero-order chi connectivity index (χ0) is 14.9. The van der Waals surface area contributed by atoms with Gasteiger partial charge < -0.3 is 5.11 Å². The lowest BCUT2D eigenvalue weighted by molar-refractivity contribution is 0.469. The van der Waals surface area contributed by atoms with Crippen LogP contribution in [0, 0.1) is 0 Å². The SMILES string of the molecule is Oc1ccccc1Cc1ccc2cc3ccccc3cc2c1. The standard InChI is InChI=1S/C21H16O/c22-21-8-4-3-7-19(21)11-15-9-10-18-13-16-5-1-2-6-17(16)14-20(18)12-15/h1-10,12-14,22H,11H2. The van der Waals surface area contributed by atoms with Crippen molar-refractivity contribution in [1.82, 2.24) is 0 Å². The van der Waals surface area contributed by atoms with E-state index in [-0.39, 0.29) is 0 Å². The van der Waals surface area contributed by atoms with Gasteiger partial charge >= 0.3 is 0 Å². The second-order valence-electron chi connectivity index (χ2n) is 5.69. The van der Waals surface area contributed by atoms with Crippen molar-refractivity contribution in [2.45, 2.75) is 6.42 Å². The minimum absolute atomic E-state index is 0.362. The lowest BCUT2D eigenvalue weighted by Gasteiger charge is -2.07. The van der Waals surface area contributed by atoms with Gasteiger partial charge in [0.1, 0.15) is 5.75 Å². The summed E-state index contributed by atoms with van der Waals surface area (Å²) < 4.78 is 0. The minimum Gasteiger partial charge on any atom is -0.508 e. The monoisotopic (exact) mass is 284 g/mol. The fourth-order valence-corrected chi connectivity index (χ4v) is 2.98. The van der Waals surface area contributed by atoms with Crippen molar-refractivity contribution in [1.29, 1.82) is 0 Å². The van der Waals surface area contributed by atoms with Crippen LogP contribution in [0.4, 0.5) is 0 Å². The number of para-hydroxylation sites is 1. The highest BCUT2D eigenvalue weighted by molar-refractivity contribution is 5.98. The fraction of sp³-hybridized carbons (Fsp3) is 0.0476. The first-order valence-corrected chi connectivity index (χ1v) is 7.48. The quantitative estimate of drug-likeness (QED) is 0.496. The molecule has 0 spiro atoms. The maximum Gasteiger partial charge on any atom is 0.119 e. The lowest BCUT2D eigenvalue weighted by Crippen LogP contribution is -1.89. The Labute approximate surface area is 129 Å². The number of benzene rings is 4. The first-order chi connectivity index (χ1) is 10.8. The summed E-state index contributed by atoms with van der Waals surface area (Å²) in [7, 11) is 0. The van der Waals surface area contributed by atoms with Crippen molar-refractivity contribution in [2.75, 3.05) is 0 Å². The van der Waals surface area contributed by atoms with E-state index in [9.17, 15) is 5.11 Å². The van der Waals surface area contributed by atoms with Crippen LogP contribution in [0.5, 0.6) is 5.75 Å². The van der Waals surface area contributed by atoms with Crippen LogP contribution in [-0.4, -0.2) is 5.11 Å². The molecule has 0 saturated heterocycles. The Morgan fingerprint density at radius 3 is 2.00 bits per heavy atom. The first kappa shape index (κ1) is 12.9. The average Bonchev–Trinajstić information content (AvgIpc) is 2.55. The van der Waals surface area contributed by atoms with E-state index in [0.717, 1.165) is 12.0 Å². The van der Waals surface area contributed by atoms with Crippen molar-refractivity contribution < 1.29 is 5.11 Å². The number of rotatable bonds is 2. The number of aromatic hydroxyl groups is 1. The number of phenols is 1. The van der Waals surface area contributed by atoms with Crippen LogP contribution in [-0.2, 0) is 6.42 Å². The van der Waals surface area contributed by atoms with E-state index >= 15 is 0 Å². The van der Waals surface area contributed by atoms with Gasteiger partial charge in [-0.1, -0.05) is 60.7 Å². The van der Waals surface area contributed by atoms with Crippen molar-refractivity contribution >= 4 is 21.5 Å². The van der Waals surface area contributed by atoms with Crippen molar-refractivity contribution in [3.63, 3.8) is 0 Å². The van der Waals surface area contributed by atoms with Gasteiger partial charge in [-0.25, -0.2) is 0 Å². The van der Waals surface area contributed by atoms with Gasteiger partial charge in [-0.15, -0.1) is 0 Å². The Hall–Kier alpha value is -2.80. The summed E-state index contributed by atoms with van der Waals surface area (Å²) in [5, 5.41) is 14.9. The zero-order valence-electron chi connectivity index (χ0n) is 12.2. The van der Waals surface area contributed by atoms with Crippen molar-refractivity contribution in [3.05, 3.63) is 90.0 Å². The van der Waals surface area contributed by atoms with E-state index in [4.69, 9.17) is 0 Å². The van der Waals surface area contributed by atoms with Gasteiger partial charge in [-0.3, -0.25) is 0 Å². The van der Waals surface area contributed by atoms with Crippen LogP contribution in [0.15, 0.2) is 78.9 Å². The van der Waals surface area contributed by atoms with Crippen molar-refractivity contribution in [3.8, 4) is 5.75 Å². The summed E-state index contributed by atoms with van der Waals surface area (Å²) in [6.45, 7) is 0. The molecule has 0 amide bonds. The van der Waals surface area contributed by atoms with Gasteiger partial charge in [0.05, 0.1) is 0 Å². The van der Waals surface area contributed by atoms with E-state index in [1.54, 1.807) is 6.07 Å². The lowest BCUT2D eigenvalue weighted by atomic mass is 9.98. The molecule has 4 aromatic rings. The van der Waals surface area contributed by atoms with E-state index in [2.05, 4.69) is 54.6 Å². The Balaban J connectivity index is 1.80. The highest BCUT2D eigenvalue weighted by Gasteiger charge is 2.03. The second-order valence-corrected chi connectivity index (χ2v) is 5.69. The number of phenolic OH excluding ortho intramolecular Hbond substituents is 1. The Kier molecular flexibility index (Phi) is 3.05. The van der Waals surface area contributed by atoms with Gasteiger partial charge in [-0.05, 0) is 50.9 Å². The number of hydrogen-bond acceptors (Lipinski definition) is 1. The molecular formula is C21H16O. The van der Waals surface area contributed by atoms with Crippen LogP contribution in [0.25, 0.3) is 21.5 Å². The van der Waals surface area contributed by atoms with Gasteiger partial charge in [-0.2, -0.15) is 0 Å². The van der Waals surface area contributed by atoms with Crippen molar-refractivity contribution in [2.24, 2.45) is 0 Å². The Morgan fingerprint density at radius 1 is 0.591 bits per heavy atom. The molecule has 0 radical (unpaired) electrons. The minimum atomic E-state index is 0.362. The number of fused-ring (bicyclic) bond motifs is 2. The molecule has 1 nitrogen and oxygen atoms in total. The zero-order valence-corrected chi connectivity index (χ0v) is 12.2. The van der Waals surface area contributed by atoms with Crippen LogP contribution < -0.4 is 0 Å². The molecule has 0 aliphatic rings. The van der Waals surface area contributed by atoms with Gasteiger partial charge in [0.2, 0.25) is 0 Å². The average molecular weight is 284 g/mol. The molecule has 1 heteroatoms. The summed E-state index contributed by atoms with van der Waals surface area (Å²) in [6, 6.07) is 26.9. The third kappa shape index (κ3) is 2.31. The molecule has 4 aromatic carbocycles. The van der Waals surface area contributed by atoms with Gasteiger partial charge in [0, 0.05) is 6.42 Å². The Bertz CT molecular complexity index is 970. The van der Waals surface area contributed by atoms with E-state index in [1.165, 1.54) is 27.1 Å². The molecule has 0 bridgehead atoms. The molecule has 0 aliphatic heterocycles. The van der Waals surface area contributed by atoms with Crippen LogP contribution in [0.2, 0.25) is 0 Å². The maximum absolute atomic E-state index is 9.93. The first-order valence-electron chi connectivity index (χ1n) is 7.48. The molecule has 0 aliphatic carbocycles. The largest absolute Gasteiger partial charge is 0.508 e. The summed E-state index contributed by atoms with van der Waals surface area (Å²) in [6.07, 6.45) is 0.745. The van der Waals surface area contributed by atoms with E-state index in [0.29, 0.717) is 5.75 Å². The van der Waals surface area contributed by atoms with Crippen LogP contribution in [0.3, 0.4) is 0 Å². The Morgan fingerprint density at radius 2 is 1.23 bits per heavy atom. The molecule has 0 heterocycles. The third-order valence-electron chi connectivity index (χ3n) is 4.16. The van der Waals surface area contributed by atoms with Gasteiger partial charge in [0.25, 0.3) is 0 Å². The highest BCUT2D eigenvalue weighted by atomic mass is 16.3. The molecule has 4 rings (SSSR count). The normalized spacial score (nSPS) is 11.1. The fourth-order valence-electron chi connectivity index (χ4n) is 2.98. The molecule has 0 saturated carbocycles. The summed E-state index contributed by atoms with van der Waals surface area (Å²) in [5.74, 6) is 0.362. The molecule has 22 heavy (non-hydrogen) atoms. The summed E-state index contributed by atoms with van der Waals surface area (Å²) in [5.41, 5.74) is 2.17. The molecular weight excluding hydrogens is 268 g/mol. The molecule has 0 unspecified atom stereocenters. The predicted molar refractivity (Wildman–Crippen MR) is 92.4 cm³/mol. The van der Waals surface area contributed by atoms with Gasteiger partial charge in [0.15, 0.2) is 0 Å². The second kappa shape index (κ2) is 5.19. The van der Waals surface area contributed by atoms with E-state index < -0.39 is 0 Å².